The minimum atomic E-state index is -0.552. The maximum atomic E-state index is 12.8. The van der Waals surface area contributed by atoms with Gasteiger partial charge in [0.15, 0.2) is 0 Å². The van der Waals surface area contributed by atoms with Gasteiger partial charge in [-0.1, -0.05) is 0 Å². The van der Waals surface area contributed by atoms with Gasteiger partial charge < -0.3 is 20.0 Å². The fourth-order valence-corrected chi connectivity index (χ4v) is 4.91. The van der Waals surface area contributed by atoms with Gasteiger partial charge in [0.1, 0.15) is 6.04 Å². The van der Waals surface area contributed by atoms with Gasteiger partial charge >= 0.3 is 0 Å². The molecule has 4 aliphatic heterocycles. The van der Waals surface area contributed by atoms with Crippen LogP contribution in [0, 0.1) is 5.92 Å². The van der Waals surface area contributed by atoms with E-state index >= 15 is 0 Å². The molecule has 3 amide bonds. The summed E-state index contributed by atoms with van der Waals surface area (Å²) in [5, 5.41) is 5.74. The number of rotatable bonds is 4. The number of piperidine rings is 1. The summed E-state index contributed by atoms with van der Waals surface area (Å²) in [5.74, 6) is -0.0313. The first-order valence-corrected chi connectivity index (χ1v) is 10.5. The van der Waals surface area contributed by atoms with Crippen LogP contribution in [0.5, 0.6) is 0 Å². The number of fused-ring (bicyclic) bond motifs is 1. The molecule has 5 rings (SSSR count). The van der Waals surface area contributed by atoms with Crippen molar-refractivity contribution in [3.8, 4) is 0 Å². The smallest absolute Gasteiger partial charge is 0.255 e. The summed E-state index contributed by atoms with van der Waals surface area (Å²) in [6.07, 6.45) is 0.682. The van der Waals surface area contributed by atoms with Crippen LogP contribution in [0.1, 0.15) is 28.8 Å². The van der Waals surface area contributed by atoms with Crippen molar-refractivity contribution >= 4 is 23.4 Å². The predicted octanol–water partition coefficient (Wildman–Crippen LogP) is -0.211. The minimum Gasteiger partial charge on any atom is -0.371 e. The van der Waals surface area contributed by atoms with Crippen molar-refractivity contribution in [2.75, 3.05) is 50.7 Å². The molecule has 154 valence electrons. The highest BCUT2D eigenvalue weighted by molar-refractivity contribution is 6.05. The van der Waals surface area contributed by atoms with Crippen molar-refractivity contribution in [1.29, 1.82) is 0 Å². The Balaban J connectivity index is 1.21. The van der Waals surface area contributed by atoms with Crippen molar-refractivity contribution < 1.29 is 14.4 Å². The third-order valence-electron chi connectivity index (χ3n) is 6.56. The Bertz CT molecular complexity index is 845. The Morgan fingerprint density at radius 3 is 2.62 bits per heavy atom. The fourth-order valence-electron chi connectivity index (χ4n) is 4.91. The molecule has 0 aromatic heterocycles. The van der Waals surface area contributed by atoms with E-state index in [4.69, 9.17) is 0 Å². The number of piperazine rings is 1. The van der Waals surface area contributed by atoms with E-state index in [9.17, 15) is 14.4 Å². The molecule has 0 saturated carbocycles. The quantitative estimate of drug-likeness (QED) is 0.684. The third-order valence-corrected chi connectivity index (χ3v) is 6.56. The van der Waals surface area contributed by atoms with Crippen LogP contribution in [0.2, 0.25) is 0 Å². The van der Waals surface area contributed by atoms with E-state index in [1.807, 2.05) is 12.1 Å². The molecule has 8 nitrogen and oxygen atoms in total. The molecule has 3 fully saturated rings. The average Bonchev–Trinajstić information content (AvgIpc) is 3.01. The van der Waals surface area contributed by atoms with Crippen molar-refractivity contribution in [3.63, 3.8) is 0 Å². The normalized spacial score (nSPS) is 25.8. The number of hydrogen-bond acceptors (Lipinski definition) is 6. The van der Waals surface area contributed by atoms with Crippen LogP contribution >= 0.6 is 0 Å². The number of amides is 3. The van der Waals surface area contributed by atoms with E-state index in [0.717, 1.165) is 57.1 Å². The average molecular weight is 397 g/mol. The van der Waals surface area contributed by atoms with E-state index < -0.39 is 6.04 Å². The maximum Gasteiger partial charge on any atom is 0.255 e. The van der Waals surface area contributed by atoms with Crippen LogP contribution in [-0.2, 0) is 16.1 Å². The second-order valence-electron chi connectivity index (χ2n) is 8.56. The molecule has 3 saturated heterocycles. The standard InChI is InChI=1S/C21H27N5O3/c27-19-4-3-18(20(28)23-19)26-13-15-9-16(1-2-17(15)21(26)29)25-11-14(12-25)10-24-7-5-22-6-8-24/h1-2,9,14,18,22H,3-8,10-13H2,(H,23,27,28). The van der Waals surface area contributed by atoms with E-state index in [0.29, 0.717) is 24.4 Å². The molecule has 1 aromatic carbocycles. The van der Waals surface area contributed by atoms with Gasteiger partial charge in [0, 0.05) is 75.9 Å². The monoisotopic (exact) mass is 397 g/mol. The van der Waals surface area contributed by atoms with Crippen molar-refractivity contribution in [3.05, 3.63) is 29.3 Å². The van der Waals surface area contributed by atoms with E-state index in [1.165, 1.54) is 0 Å². The van der Waals surface area contributed by atoms with E-state index in [-0.39, 0.29) is 24.1 Å². The molecule has 0 spiro atoms. The van der Waals surface area contributed by atoms with Crippen molar-refractivity contribution in [1.82, 2.24) is 20.4 Å². The Morgan fingerprint density at radius 2 is 1.86 bits per heavy atom. The van der Waals surface area contributed by atoms with Gasteiger partial charge in [-0.05, 0) is 30.2 Å². The molecule has 1 atom stereocenters. The molecule has 8 heteroatoms. The van der Waals surface area contributed by atoms with Gasteiger partial charge in [-0.25, -0.2) is 0 Å². The van der Waals surface area contributed by atoms with Crippen LogP contribution in [0.25, 0.3) is 0 Å². The van der Waals surface area contributed by atoms with Crippen LogP contribution in [-0.4, -0.2) is 79.4 Å². The van der Waals surface area contributed by atoms with Crippen molar-refractivity contribution in [2.45, 2.75) is 25.4 Å². The van der Waals surface area contributed by atoms with Crippen LogP contribution in [0.3, 0.4) is 0 Å². The van der Waals surface area contributed by atoms with Crippen LogP contribution < -0.4 is 15.5 Å². The zero-order valence-electron chi connectivity index (χ0n) is 16.5. The lowest BCUT2D eigenvalue weighted by Crippen LogP contribution is -2.54. The Kier molecular flexibility index (Phi) is 4.75. The topological polar surface area (TPSA) is 85.0 Å². The first-order chi connectivity index (χ1) is 14.1. The number of carbonyl (C=O) groups is 3. The van der Waals surface area contributed by atoms with Crippen LogP contribution in [0.15, 0.2) is 18.2 Å². The summed E-state index contributed by atoms with van der Waals surface area (Å²) in [4.78, 5) is 42.9. The molecule has 0 bridgehead atoms. The summed E-state index contributed by atoms with van der Waals surface area (Å²) in [7, 11) is 0. The Morgan fingerprint density at radius 1 is 1.07 bits per heavy atom. The molecule has 2 N–H and O–H groups in total. The highest BCUT2D eigenvalue weighted by Gasteiger charge is 2.39. The molecule has 29 heavy (non-hydrogen) atoms. The maximum absolute atomic E-state index is 12.8. The minimum absolute atomic E-state index is 0.110. The van der Waals surface area contributed by atoms with Gasteiger partial charge in [-0.2, -0.15) is 0 Å². The molecule has 0 aliphatic carbocycles. The summed E-state index contributed by atoms with van der Waals surface area (Å²) in [6.45, 7) is 8.12. The number of hydrogen-bond donors (Lipinski definition) is 2. The Hall–Kier alpha value is -2.45. The van der Waals surface area contributed by atoms with E-state index in [2.05, 4.69) is 26.5 Å². The number of anilines is 1. The molecular formula is C21H27N5O3. The number of nitrogens with zero attached hydrogens (tertiary/aromatic N) is 3. The van der Waals surface area contributed by atoms with Gasteiger partial charge in [-0.3, -0.25) is 19.7 Å². The van der Waals surface area contributed by atoms with Crippen molar-refractivity contribution in [2.24, 2.45) is 5.92 Å². The fraction of sp³-hybridized carbons (Fsp3) is 0.571. The summed E-state index contributed by atoms with van der Waals surface area (Å²) in [5.41, 5.74) is 2.80. The largest absolute Gasteiger partial charge is 0.371 e. The lowest BCUT2D eigenvalue weighted by Gasteiger charge is -2.44. The molecule has 4 heterocycles. The first-order valence-electron chi connectivity index (χ1n) is 10.5. The number of benzene rings is 1. The molecule has 0 radical (unpaired) electrons. The number of carbonyl (C=O) groups excluding carboxylic acids is 3. The second-order valence-corrected chi connectivity index (χ2v) is 8.56. The third kappa shape index (κ3) is 3.51. The zero-order valence-corrected chi connectivity index (χ0v) is 16.5. The SMILES string of the molecule is O=C1CCC(N2Cc3cc(N4CC(CN5CCNCC5)C4)ccc3C2=O)C(=O)N1. The molecule has 1 aromatic rings. The van der Waals surface area contributed by atoms with Gasteiger partial charge in [0.2, 0.25) is 11.8 Å². The van der Waals surface area contributed by atoms with Gasteiger partial charge in [-0.15, -0.1) is 0 Å². The van der Waals surface area contributed by atoms with Crippen LogP contribution in [0.4, 0.5) is 5.69 Å². The number of imide groups is 1. The van der Waals surface area contributed by atoms with E-state index in [1.54, 1.807) is 4.90 Å². The lowest BCUT2D eigenvalue weighted by molar-refractivity contribution is -0.136. The molecular weight excluding hydrogens is 370 g/mol. The second kappa shape index (κ2) is 7.42. The van der Waals surface area contributed by atoms with Gasteiger partial charge in [0.05, 0.1) is 0 Å². The molecule has 1 unspecified atom stereocenters. The zero-order chi connectivity index (χ0) is 20.0. The first kappa shape index (κ1) is 18.6. The summed E-state index contributed by atoms with van der Waals surface area (Å²) >= 11 is 0. The van der Waals surface area contributed by atoms with Gasteiger partial charge in [0.25, 0.3) is 5.91 Å². The molecule has 4 aliphatic rings. The highest BCUT2D eigenvalue weighted by Crippen LogP contribution is 2.33. The summed E-state index contributed by atoms with van der Waals surface area (Å²) < 4.78 is 0. The number of nitrogens with one attached hydrogen (secondary N) is 2. The summed E-state index contributed by atoms with van der Waals surface area (Å²) in [6, 6.07) is 5.46. The lowest BCUT2D eigenvalue weighted by atomic mass is 9.97. The Labute approximate surface area is 170 Å². The highest BCUT2D eigenvalue weighted by atomic mass is 16.2. The predicted molar refractivity (Wildman–Crippen MR) is 107 cm³/mol.